The van der Waals surface area contributed by atoms with Crippen LogP contribution in [0.5, 0.6) is 0 Å². The van der Waals surface area contributed by atoms with Crippen LogP contribution in [0.1, 0.15) is 22.3 Å². The zero-order chi connectivity index (χ0) is 17.7. The van der Waals surface area contributed by atoms with Crippen LogP contribution in [-0.2, 0) is 0 Å². The molecule has 0 saturated carbocycles. The van der Waals surface area contributed by atoms with E-state index in [1.54, 1.807) is 0 Å². The summed E-state index contributed by atoms with van der Waals surface area (Å²) in [6, 6.07) is 10.6. The van der Waals surface area contributed by atoms with Gasteiger partial charge in [-0.1, -0.05) is 0 Å². The van der Waals surface area contributed by atoms with Gasteiger partial charge in [-0.05, 0) is 0 Å². The summed E-state index contributed by atoms with van der Waals surface area (Å²) in [7, 11) is 0. The maximum absolute atomic E-state index is 9.19. The summed E-state index contributed by atoms with van der Waals surface area (Å²) in [6.45, 7) is 0. The Labute approximate surface area is 148 Å². The Balaban J connectivity index is 2.37. The van der Waals surface area contributed by atoms with Crippen molar-refractivity contribution in [2.45, 2.75) is 0 Å². The second-order valence-corrected chi connectivity index (χ2v) is 10.1. The van der Waals surface area contributed by atoms with Crippen LogP contribution < -0.4 is 20.7 Å². The Morgan fingerprint density at radius 1 is 0.667 bits per heavy atom. The van der Waals surface area contributed by atoms with E-state index >= 15 is 0 Å². The first-order chi connectivity index (χ1) is 11.5. The quantitative estimate of drug-likeness (QED) is 0.533. The van der Waals surface area contributed by atoms with Crippen LogP contribution in [0.4, 0.5) is 11.6 Å². The fourth-order valence-corrected chi connectivity index (χ4v) is 7.77. The molecule has 24 heavy (non-hydrogen) atoms. The van der Waals surface area contributed by atoms with Crippen molar-refractivity contribution in [2.75, 3.05) is 11.5 Å². The molecule has 0 radical (unpaired) electrons. The molecule has 8 nitrogen and oxygen atoms in total. The monoisotopic (exact) mass is 446 g/mol. The molecule has 0 amide bonds. The topological polar surface area (TPSA) is 173 Å². The fourth-order valence-electron chi connectivity index (χ4n) is 1.57. The van der Waals surface area contributed by atoms with Gasteiger partial charge in [-0.15, -0.1) is 0 Å². The van der Waals surface area contributed by atoms with Crippen LogP contribution >= 0.6 is 0 Å². The molecule has 0 atom stereocenters. The number of hydrogen-bond donors (Lipinski definition) is 2. The van der Waals surface area contributed by atoms with Gasteiger partial charge in [0, 0.05) is 0 Å². The average Bonchev–Trinajstić information content (AvgIpc) is 2.60. The van der Waals surface area contributed by atoms with E-state index in [0.29, 0.717) is 9.18 Å². The predicted octanol–water partition coefficient (Wildman–Crippen LogP) is -1.60. The van der Waals surface area contributed by atoms with Crippen molar-refractivity contribution in [1.82, 2.24) is 9.97 Å². The van der Waals surface area contributed by atoms with Gasteiger partial charge in [0.15, 0.2) is 0 Å². The van der Waals surface area contributed by atoms with Gasteiger partial charge in [0.2, 0.25) is 0 Å². The van der Waals surface area contributed by atoms with Gasteiger partial charge in [-0.2, -0.15) is 0 Å². The third-order valence-electron chi connectivity index (χ3n) is 2.72. The Kier molecular flexibility index (Phi) is 5.35. The standard InChI is InChI=1S/C14H6N8Se2/c15-3-7-1-9(5-17)13(21-11(7)19)23-24-14-10(6-18)2-8(4-16)12(20)22-14/h1-2H,(H2,19,21)(H2,20,22). The second kappa shape index (κ2) is 7.44. The normalized spacial score (nSPS) is 9.33. The number of rotatable bonds is 3. The molecule has 2 rings (SSSR count). The van der Waals surface area contributed by atoms with Crippen molar-refractivity contribution in [1.29, 1.82) is 21.0 Å². The van der Waals surface area contributed by atoms with E-state index in [0.717, 1.165) is 0 Å². The van der Waals surface area contributed by atoms with Crippen LogP contribution in [0.15, 0.2) is 12.1 Å². The number of nitrogens with two attached hydrogens (primary N) is 2. The summed E-state index contributed by atoms with van der Waals surface area (Å²) in [5.41, 5.74) is 12.2. The minimum absolute atomic E-state index is 0.0667. The molecule has 0 aliphatic carbocycles. The minimum atomic E-state index is -0.292. The van der Waals surface area contributed by atoms with Crippen LogP contribution in [0, 0.1) is 45.3 Å². The number of aromatic nitrogens is 2. The molecule has 0 aromatic carbocycles. The molecule has 114 valence electrons. The number of anilines is 2. The van der Waals surface area contributed by atoms with Gasteiger partial charge in [0.05, 0.1) is 0 Å². The van der Waals surface area contributed by atoms with Crippen LogP contribution in [0.3, 0.4) is 0 Å². The fraction of sp³-hybridized carbons (Fsp3) is 0. The summed E-state index contributed by atoms with van der Waals surface area (Å²) in [5, 5.41) is 36.2. The molecule has 4 N–H and O–H groups in total. The van der Waals surface area contributed by atoms with Gasteiger partial charge in [0.25, 0.3) is 0 Å². The molecule has 2 heterocycles. The van der Waals surface area contributed by atoms with Crippen molar-refractivity contribution in [3.05, 3.63) is 34.4 Å². The Morgan fingerprint density at radius 2 is 1.00 bits per heavy atom. The Morgan fingerprint density at radius 3 is 1.29 bits per heavy atom. The predicted molar refractivity (Wildman–Crippen MR) is 86.9 cm³/mol. The summed E-state index contributed by atoms with van der Waals surface area (Å²) in [6.07, 6.45) is 0. The van der Waals surface area contributed by atoms with Crippen LogP contribution in [0.2, 0.25) is 0 Å². The number of pyridine rings is 2. The Hall–Kier alpha value is -3.10. The van der Waals surface area contributed by atoms with Crippen molar-refractivity contribution in [3.8, 4) is 24.3 Å². The first-order valence-corrected chi connectivity index (χ1v) is 12.1. The summed E-state index contributed by atoms with van der Waals surface area (Å²) in [5.74, 6) is 0.133. The summed E-state index contributed by atoms with van der Waals surface area (Å²) >= 11 is -0.585. The molecular weight excluding hydrogens is 438 g/mol. The van der Waals surface area contributed by atoms with Crippen molar-refractivity contribution in [2.24, 2.45) is 0 Å². The van der Waals surface area contributed by atoms with Crippen molar-refractivity contribution in [3.63, 3.8) is 0 Å². The molecule has 0 aliphatic heterocycles. The zero-order valence-electron chi connectivity index (χ0n) is 11.8. The van der Waals surface area contributed by atoms with Gasteiger partial charge in [0.1, 0.15) is 0 Å². The summed E-state index contributed by atoms with van der Waals surface area (Å²) < 4.78 is 0.991. The number of nitrogens with zero attached hydrogens (tertiary/aromatic N) is 6. The number of nitrogen functional groups attached to an aromatic ring is 2. The van der Waals surface area contributed by atoms with E-state index in [2.05, 4.69) is 9.97 Å². The molecule has 0 aliphatic rings. The van der Waals surface area contributed by atoms with E-state index < -0.39 is 0 Å². The average molecular weight is 444 g/mol. The van der Waals surface area contributed by atoms with Gasteiger partial charge >= 0.3 is 148 Å². The van der Waals surface area contributed by atoms with Gasteiger partial charge < -0.3 is 0 Å². The summed E-state index contributed by atoms with van der Waals surface area (Å²) in [4.78, 5) is 8.25. The zero-order valence-corrected chi connectivity index (χ0v) is 15.2. The Bertz CT molecular complexity index is 907. The van der Waals surface area contributed by atoms with Crippen LogP contribution in [0.25, 0.3) is 0 Å². The van der Waals surface area contributed by atoms with E-state index in [9.17, 15) is 10.5 Å². The number of nitriles is 4. The molecule has 2 aromatic heterocycles. The molecular formula is C14H6N8Se2. The van der Waals surface area contributed by atoms with E-state index in [1.165, 1.54) is 12.1 Å². The molecule has 0 bridgehead atoms. The molecule has 0 fully saturated rings. The maximum atomic E-state index is 9.19. The first-order valence-electron chi connectivity index (χ1n) is 6.10. The third-order valence-corrected chi connectivity index (χ3v) is 9.21. The van der Waals surface area contributed by atoms with Crippen molar-refractivity contribution >= 4 is 47.1 Å². The molecule has 10 heteroatoms. The third kappa shape index (κ3) is 3.45. The first kappa shape index (κ1) is 17.3. The van der Waals surface area contributed by atoms with E-state index in [1.807, 2.05) is 24.3 Å². The second-order valence-electron chi connectivity index (χ2n) is 4.16. The number of hydrogen-bond acceptors (Lipinski definition) is 8. The van der Waals surface area contributed by atoms with E-state index in [4.69, 9.17) is 22.0 Å². The van der Waals surface area contributed by atoms with Crippen molar-refractivity contribution < 1.29 is 0 Å². The molecule has 0 unspecified atom stereocenters. The molecule has 0 saturated heterocycles. The van der Waals surface area contributed by atoms with Gasteiger partial charge in [-0.25, -0.2) is 0 Å². The van der Waals surface area contributed by atoms with Crippen LogP contribution in [-0.4, -0.2) is 36.2 Å². The van der Waals surface area contributed by atoms with E-state index in [-0.39, 0.29) is 60.2 Å². The van der Waals surface area contributed by atoms with Gasteiger partial charge in [-0.3, -0.25) is 0 Å². The molecule has 0 spiro atoms. The SMILES string of the molecule is N#Cc1cc(C#N)c([Se][Se]c2nc(N)c(C#N)cc2C#N)nc1N. The molecule has 2 aromatic rings.